The van der Waals surface area contributed by atoms with E-state index in [1.54, 1.807) is 7.11 Å². The summed E-state index contributed by atoms with van der Waals surface area (Å²) >= 11 is 4.70. The van der Waals surface area contributed by atoms with E-state index in [0.717, 1.165) is 33.9 Å². The second kappa shape index (κ2) is 5.92. The Morgan fingerprint density at radius 1 is 1.47 bits per heavy atom. The molecule has 0 fully saturated rings. The summed E-state index contributed by atoms with van der Waals surface area (Å²) in [6, 6.07) is 5.97. The first-order valence-corrected chi connectivity index (χ1v) is 6.57. The van der Waals surface area contributed by atoms with Crippen molar-refractivity contribution in [1.82, 2.24) is 14.8 Å². The van der Waals surface area contributed by atoms with Crippen LogP contribution in [0.3, 0.4) is 0 Å². The lowest BCUT2D eigenvalue weighted by Gasteiger charge is -2.09. The lowest BCUT2D eigenvalue weighted by Crippen LogP contribution is -2.05. The lowest BCUT2D eigenvalue weighted by molar-refractivity contribution is 0.410. The summed E-state index contributed by atoms with van der Waals surface area (Å²) in [6.07, 6.45) is 0.849. The zero-order valence-electron chi connectivity index (χ0n) is 9.18. The monoisotopic (exact) mass is 314 g/mol. The Kier molecular flexibility index (Phi) is 4.27. The number of nitrogens with zero attached hydrogens (tertiary/aromatic N) is 3. The SMILES string of the molecule is COc1ccc(Br)cc1CCNc1nnns1. The van der Waals surface area contributed by atoms with Crippen molar-refractivity contribution in [2.75, 3.05) is 19.0 Å². The first kappa shape index (κ1) is 12.3. The van der Waals surface area contributed by atoms with Crippen LogP contribution < -0.4 is 10.1 Å². The zero-order valence-corrected chi connectivity index (χ0v) is 11.6. The number of anilines is 1. The molecule has 0 aliphatic heterocycles. The van der Waals surface area contributed by atoms with Crippen LogP contribution in [0.25, 0.3) is 0 Å². The minimum Gasteiger partial charge on any atom is -0.496 e. The lowest BCUT2D eigenvalue weighted by atomic mass is 10.1. The molecule has 0 bridgehead atoms. The number of aromatic nitrogens is 3. The maximum absolute atomic E-state index is 5.30. The van der Waals surface area contributed by atoms with Gasteiger partial charge in [-0.05, 0) is 35.4 Å². The molecule has 7 heteroatoms. The molecule has 2 rings (SSSR count). The van der Waals surface area contributed by atoms with Crippen LogP contribution in [0.1, 0.15) is 5.56 Å². The molecule has 0 radical (unpaired) electrons. The Morgan fingerprint density at radius 2 is 2.35 bits per heavy atom. The highest BCUT2D eigenvalue weighted by Gasteiger charge is 2.04. The topological polar surface area (TPSA) is 59.9 Å². The Hall–Kier alpha value is -1.21. The van der Waals surface area contributed by atoms with Crippen molar-refractivity contribution in [2.24, 2.45) is 0 Å². The second-order valence-corrected chi connectivity index (χ2v) is 4.95. The van der Waals surface area contributed by atoms with Gasteiger partial charge in [-0.25, -0.2) is 0 Å². The third-order valence-corrected chi connectivity index (χ3v) is 3.26. The van der Waals surface area contributed by atoms with Gasteiger partial charge in [-0.3, -0.25) is 0 Å². The Labute approximate surface area is 111 Å². The molecule has 0 saturated carbocycles. The molecular weight excluding hydrogens is 304 g/mol. The fraction of sp³-hybridized carbons (Fsp3) is 0.300. The summed E-state index contributed by atoms with van der Waals surface area (Å²) < 4.78 is 10.0. The van der Waals surface area contributed by atoms with E-state index in [-0.39, 0.29) is 0 Å². The van der Waals surface area contributed by atoms with E-state index in [1.807, 2.05) is 12.1 Å². The van der Waals surface area contributed by atoms with Gasteiger partial charge in [-0.2, -0.15) is 0 Å². The van der Waals surface area contributed by atoms with Crippen LogP contribution in [0.2, 0.25) is 0 Å². The van der Waals surface area contributed by atoms with E-state index in [0.29, 0.717) is 0 Å². The number of benzene rings is 1. The van der Waals surface area contributed by atoms with Crippen LogP contribution in [0.4, 0.5) is 5.13 Å². The van der Waals surface area contributed by atoms with E-state index >= 15 is 0 Å². The van der Waals surface area contributed by atoms with Crippen LogP contribution in [0.5, 0.6) is 5.75 Å². The molecule has 0 saturated heterocycles. The average molecular weight is 315 g/mol. The minimum atomic E-state index is 0.735. The third kappa shape index (κ3) is 3.37. The first-order valence-electron chi connectivity index (χ1n) is 5.01. The zero-order chi connectivity index (χ0) is 12.1. The largest absolute Gasteiger partial charge is 0.496 e. The van der Waals surface area contributed by atoms with E-state index in [9.17, 15) is 0 Å². The van der Waals surface area contributed by atoms with Crippen molar-refractivity contribution in [3.05, 3.63) is 28.2 Å². The molecule has 90 valence electrons. The van der Waals surface area contributed by atoms with Crippen molar-refractivity contribution >= 4 is 32.6 Å². The highest BCUT2D eigenvalue weighted by molar-refractivity contribution is 9.10. The van der Waals surface area contributed by atoms with Gasteiger partial charge >= 0.3 is 0 Å². The summed E-state index contributed by atoms with van der Waals surface area (Å²) in [7, 11) is 1.68. The Balaban J connectivity index is 1.96. The molecule has 1 aromatic heterocycles. The summed E-state index contributed by atoms with van der Waals surface area (Å²) in [5.41, 5.74) is 1.15. The number of methoxy groups -OCH3 is 1. The number of hydrogen-bond donors (Lipinski definition) is 1. The normalized spacial score (nSPS) is 10.2. The van der Waals surface area contributed by atoms with Gasteiger partial charge in [0, 0.05) is 22.5 Å². The maximum Gasteiger partial charge on any atom is 0.225 e. The van der Waals surface area contributed by atoms with Crippen molar-refractivity contribution < 1.29 is 4.74 Å². The van der Waals surface area contributed by atoms with Crippen LogP contribution in [-0.4, -0.2) is 28.5 Å². The number of hydrogen-bond acceptors (Lipinski definition) is 6. The summed E-state index contributed by atoms with van der Waals surface area (Å²) in [5, 5.41) is 11.2. The van der Waals surface area contributed by atoms with Crippen LogP contribution in [0.15, 0.2) is 22.7 Å². The molecule has 2 aromatic rings. The molecule has 0 amide bonds. The molecule has 0 aliphatic carbocycles. The first-order chi connectivity index (χ1) is 8.29. The highest BCUT2D eigenvalue weighted by atomic mass is 79.9. The van der Waals surface area contributed by atoms with Crippen LogP contribution >= 0.6 is 27.5 Å². The molecule has 17 heavy (non-hydrogen) atoms. The van der Waals surface area contributed by atoms with Crippen LogP contribution in [0, 0.1) is 0 Å². The standard InChI is InChI=1S/C10H11BrN4OS/c1-16-9-3-2-8(11)6-7(9)4-5-12-10-13-14-15-17-10/h2-3,6H,4-5H2,1H3,(H,12,13,15). The van der Waals surface area contributed by atoms with E-state index in [2.05, 4.69) is 42.1 Å². The molecule has 0 spiro atoms. The predicted molar refractivity (Wildman–Crippen MR) is 70.6 cm³/mol. The number of nitrogens with one attached hydrogen (secondary N) is 1. The highest BCUT2D eigenvalue weighted by Crippen LogP contribution is 2.23. The summed E-state index contributed by atoms with van der Waals surface area (Å²) in [6.45, 7) is 0.768. The van der Waals surface area contributed by atoms with Gasteiger partial charge in [0.2, 0.25) is 5.13 Å². The molecule has 0 aliphatic rings. The van der Waals surface area contributed by atoms with Crippen LogP contribution in [-0.2, 0) is 6.42 Å². The van der Waals surface area contributed by atoms with Gasteiger partial charge in [-0.15, -0.1) is 0 Å². The maximum atomic E-state index is 5.30. The van der Waals surface area contributed by atoms with E-state index < -0.39 is 0 Å². The van der Waals surface area contributed by atoms with Gasteiger partial charge in [0.1, 0.15) is 5.75 Å². The van der Waals surface area contributed by atoms with Gasteiger partial charge in [0.15, 0.2) is 0 Å². The molecule has 5 nitrogen and oxygen atoms in total. The third-order valence-electron chi connectivity index (χ3n) is 2.21. The van der Waals surface area contributed by atoms with E-state index in [1.165, 1.54) is 11.5 Å². The predicted octanol–water partition coefficient (Wildman–Crippen LogP) is 2.36. The number of rotatable bonds is 5. The fourth-order valence-electron chi connectivity index (χ4n) is 1.45. The Morgan fingerprint density at radius 3 is 3.06 bits per heavy atom. The molecule has 1 heterocycles. The van der Waals surface area contributed by atoms with Gasteiger partial charge in [-0.1, -0.05) is 25.5 Å². The molecule has 0 unspecified atom stereocenters. The van der Waals surface area contributed by atoms with Gasteiger partial charge in [0.05, 0.1) is 7.11 Å². The minimum absolute atomic E-state index is 0.735. The quantitative estimate of drug-likeness (QED) is 0.918. The van der Waals surface area contributed by atoms with Gasteiger partial charge < -0.3 is 10.1 Å². The number of halogens is 1. The molecule has 1 aromatic carbocycles. The van der Waals surface area contributed by atoms with Crippen molar-refractivity contribution in [1.29, 1.82) is 0 Å². The smallest absolute Gasteiger partial charge is 0.225 e. The fourth-order valence-corrected chi connectivity index (χ4v) is 2.25. The molecule has 1 N–H and O–H groups in total. The summed E-state index contributed by atoms with van der Waals surface area (Å²) in [4.78, 5) is 0. The Bertz CT molecular complexity index is 477. The molecular formula is C10H11BrN4OS. The van der Waals surface area contributed by atoms with E-state index in [4.69, 9.17) is 4.74 Å². The second-order valence-electron chi connectivity index (χ2n) is 3.30. The van der Waals surface area contributed by atoms with Crippen molar-refractivity contribution in [3.8, 4) is 5.75 Å². The van der Waals surface area contributed by atoms with Crippen molar-refractivity contribution in [3.63, 3.8) is 0 Å². The van der Waals surface area contributed by atoms with Gasteiger partial charge in [0.25, 0.3) is 0 Å². The molecule has 0 atom stereocenters. The van der Waals surface area contributed by atoms with Crippen molar-refractivity contribution in [2.45, 2.75) is 6.42 Å². The summed E-state index contributed by atoms with van der Waals surface area (Å²) in [5.74, 6) is 0.894. The average Bonchev–Trinajstić information content (AvgIpc) is 2.82. The number of ether oxygens (including phenoxy) is 1.